The summed E-state index contributed by atoms with van der Waals surface area (Å²) in [6, 6.07) is 12.2. The van der Waals surface area contributed by atoms with E-state index in [1.54, 1.807) is 19.2 Å². The van der Waals surface area contributed by atoms with Crippen molar-refractivity contribution in [2.45, 2.75) is 26.5 Å². The van der Waals surface area contributed by atoms with Gasteiger partial charge < -0.3 is 24.8 Å². The topological polar surface area (TPSA) is 85.9 Å². The van der Waals surface area contributed by atoms with E-state index in [9.17, 15) is 9.59 Å². The first-order valence-electron chi connectivity index (χ1n) is 9.79. The monoisotopic (exact) mass is 488 g/mol. The van der Waals surface area contributed by atoms with Crippen LogP contribution in [0.1, 0.15) is 31.0 Å². The van der Waals surface area contributed by atoms with Gasteiger partial charge >= 0.3 is 12.0 Å². The molecule has 31 heavy (non-hydrogen) atoms. The average molecular weight is 489 g/mol. The van der Waals surface area contributed by atoms with Crippen LogP contribution in [0.15, 0.2) is 58.2 Å². The molecule has 1 aliphatic rings. The van der Waals surface area contributed by atoms with Crippen molar-refractivity contribution in [1.29, 1.82) is 0 Å². The summed E-state index contributed by atoms with van der Waals surface area (Å²) in [6.45, 7) is 4.17. The Balaban J connectivity index is 2.01. The van der Waals surface area contributed by atoms with Crippen LogP contribution in [-0.2, 0) is 16.1 Å². The van der Waals surface area contributed by atoms with Crippen molar-refractivity contribution in [2.75, 3.05) is 14.2 Å². The van der Waals surface area contributed by atoms with Crippen molar-refractivity contribution in [2.24, 2.45) is 5.92 Å². The second-order valence-electron chi connectivity index (χ2n) is 7.31. The Morgan fingerprint density at radius 3 is 2.48 bits per heavy atom. The number of hydrogen-bond acceptors (Lipinski definition) is 5. The minimum Gasteiger partial charge on any atom is -0.493 e. The third-order valence-corrected chi connectivity index (χ3v) is 5.49. The lowest BCUT2D eigenvalue weighted by molar-refractivity contribution is -0.136. The fourth-order valence-corrected chi connectivity index (χ4v) is 3.98. The number of carbonyl (C=O) groups excluding carboxylic acids is 2. The molecule has 3 rings (SSSR count). The molecule has 0 saturated heterocycles. The van der Waals surface area contributed by atoms with Crippen molar-refractivity contribution in [3.05, 3.63) is 69.3 Å². The molecule has 0 saturated carbocycles. The van der Waals surface area contributed by atoms with Gasteiger partial charge in [0.25, 0.3) is 0 Å². The molecule has 1 heterocycles. The predicted molar refractivity (Wildman–Crippen MR) is 120 cm³/mol. The highest BCUT2D eigenvalue weighted by atomic mass is 79.9. The standard InChI is InChI=1S/C23H25BrN2O5/c1-13(2)19-18(22(27)30-4)20(26-23(28)25-19)15-10-16(24)21(17(11-15)29-3)31-12-14-8-6-5-7-9-14/h5-11,13,20H,12H2,1-4H3,(H2,25,26,28). The molecule has 2 N–H and O–H groups in total. The number of urea groups is 1. The minimum atomic E-state index is -0.702. The molecule has 0 spiro atoms. The number of carbonyl (C=O) groups is 2. The Kier molecular flexibility index (Phi) is 7.22. The fraction of sp³-hybridized carbons (Fsp3) is 0.304. The average Bonchev–Trinajstić information content (AvgIpc) is 2.77. The summed E-state index contributed by atoms with van der Waals surface area (Å²) in [7, 11) is 2.86. The summed E-state index contributed by atoms with van der Waals surface area (Å²) < 4.78 is 17.2. The highest BCUT2D eigenvalue weighted by Crippen LogP contribution is 2.41. The van der Waals surface area contributed by atoms with E-state index in [1.165, 1.54) is 7.11 Å². The van der Waals surface area contributed by atoms with Crippen molar-refractivity contribution in [3.63, 3.8) is 0 Å². The van der Waals surface area contributed by atoms with Gasteiger partial charge in [-0.25, -0.2) is 9.59 Å². The van der Waals surface area contributed by atoms with Gasteiger partial charge in [0.05, 0.1) is 30.3 Å². The first-order valence-corrected chi connectivity index (χ1v) is 10.6. The SMILES string of the molecule is COC(=O)C1=C(C(C)C)NC(=O)NC1c1cc(Br)c(OCc2ccccc2)c(OC)c1. The lowest BCUT2D eigenvalue weighted by atomic mass is 9.91. The van der Waals surface area contributed by atoms with E-state index in [4.69, 9.17) is 14.2 Å². The zero-order valence-corrected chi connectivity index (χ0v) is 19.4. The zero-order valence-electron chi connectivity index (χ0n) is 17.8. The summed E-state index contributed by atoms with van der Waals surface area (Å²) in [4.78, 5) is 24.9. The van der Waals surface area contributed by atoms with Crippen molar-refractivity contribution >= 4 is 27.9 Å². The van der Waals surface area contributed by atoms with Gasteiger partial charge in [0, 0.05) is 5.70 Å². The number of allylic oxidation sites excluding steroid dienone is 1. The minimum absolute atomic E-state index is 0.0820. The second kappa shape index (κ2) is 9.87. The molecular weight excluding hydrogens is 464 g/mol. The smallest absolute Gasteiger partial charge is 0.337 e. The van der Waals surface area contributed by atoms with E-state index in [0.29, 0.717) is 39.4 Å². The van der Waals surface area contributed by atoms with Crippen LogP contribution in [-0.4, -0.2) is 26.2 Å². The lowest BCUT2D eigenvalue weighted by Gasteiger charge is -2.31. The summed E-state index contributed by atoms with van der Waals surface area (Å²) >= 11 is 3.55. The Hall–Kier alpha value is -3.00. The number of ether oxygens (including phenoxy) is 3. The maximum absolute atomic E-state index is 12.6. The fourth-order valence-electron chi connectivity index (χ4n) is 3.40. The number of benzene rings is 2. The van der Waals surface area contributed by atoms with E-state index in [0.717, 1.165) is 5.56 Å². The van der Waals surface area contributed by atoms with Crippen LogP contribution in [0.25, 0.3) is 0 Å². The molecular formula is C23H25BrN2O5. The quantitative estimate of drug-likeness (QED) is 0.561. The summed E-state index contributed by atoms with van der Waals surface area (Å²) in [6.07, 6.45) is 0. The van der Waals surface area contributed by atoms with Crippen LogP contribution in [0.5, 0.6) is 11.5 Å². The number of esters is 1. The molecule has 1 atom stereocenters. The first-order chi connectivity index (χ1) is 14.8. The number of methoxy groups -OCH3 is 2. The number of nitrogens with one attached hydrogen (secondary N) is 2. The van der Waals surface area contributed by atoms with E-state index in [2.05, 4.69) is 26.6 Å². The van der Waals surface area contributed by atoms with Gasteiger partial charge in [-0.15, -0.1) is 0 Å². The van der Waals surface area contributed by atoms with Gasteiger partial charge in [0.1, 0.15) is 6.61 Å². The molecule has 164 valence electrons. The van der Waals surface area contributed by atoms with Crippen LogP contribution in [0.2, 0.25) is 0 Å². The van der Waals surface area contributed by atoms with Gasteiger partial charge in [0.15, 0.2) is 11.5 Å². The zero-order chi connectivity index (χ0) is 22.5. The number of rotatable bonds is 7. The maximum atomic E-state index is 12.6. The molecule has 0 aliphatic carbocycles. The second-order valence-corrected chi connectivity index (χ2v) is 8.17. The third kappa shape index (κ3) is 5.02. The van der Waals surface area contributed by atoms with E-state index in [1.807, 2.05) is 44.2 Å². The highest BCUT2D eigenvalue weighted by molar-refractivity contribution is 9.10. The predicted octanol–water partition coefficient (Wildman–Crippen LogP) is 4.47. The summed E-state index contributed by atoms with van der Waals surface area (Å²) in [5, 5.41) is 5.55. The molecule has 0 aromatic heterocycles. The Bertz CT molecular complexity index is 1000. The van der Waals surface area contributed by atoms with Gasteiger partial charge in [-0.2, -0.15) is 0 Å². The highest BCUT2D eigenvalue weighted by Gasteiger charge is 2.35. The molecule has 7 nitrogen and oxygen atoms in total. The van der Waals surface area contributed by atoms with Crippen molar-refractivity contribution in [3.8, 4) is 11.5 Å². The molecule has 1 aliphatic heterocycles. The normalized spacial score (nSPS) is 15.9. The number of halogens is 1. The largest absolute Gasteiger partial charge is 0.493 e. The van der Waals surface area contributed by atoms with Gasteiger partial charge in [-0.1, -0.05) is 44.2 Å². The van der Waals surface area contributed by atoms with E-state index < -0.39 is 12.0 Å². The molecule has 0 bridgehead atoms. The van der Waals surface area contributed by atoms with Gasteiger partial charge in [-0.05, 0) is 45.1 Å². The van der Waals surface area contributed by atoms with Crippen LogP contribution in [0.3, 0.4) is 0 Å². The van der Waals surface area contributed by atoms with Crippen LogP contribution in [0, 0.1) is 5.92 Å². The van der Waals surface area contributed by atoms with Crippen LogP contribution < -0.4 is 20.1 Å². The summed E-state index contributed by atoms with van der Waals surface area (Å²) in [5.41, 5.74) is 2.55. The van der Waals surface area contributed by atoms with E-state index in [-0.39, 0.29) is 11.9 Å². The van der Waals surface area contributed by atoms with E-state index >= 15 is 0 Å². The summed E-state index contributed by atoms with van der Waals surface area (Å²) in [5.74, 6) is 0.411. The van der Waals surface area contributed by atoms with Gasteiger partial charge in [0.2, 0.25) is 0 Å². The molecule has 2 aromatic rings. The van der Waals surface area contributed by atoms with Crippen molar-refractivity contribution in [1.82, 2.24) is 10.6 Å². The molecule has 2 aromatic carbocycles. The maximum Gasteiger partial charge on any atom is 0.337 e. The Labute approximate surface area is 189 Å². The molecule has 2 amide bonds. The molecule has 0 fully saturated rings. The first kappa shape index (κ1) is 22.7. The Morgan fingerprint density at radius 1 is 1.16 bits per heavy atom. The molecule has 1 unspecified atom stereocenters. The third-order valence-electron chi connectivity index (χ3n) is 4.90. The molecule has 0 radical (unpaired) electrons. The molecule has 8 heteroatoms. The van der Waals surface area contributed by atoms with Crippen LogP contribution in [0.4, 0.5) is 4.79 Å². The van der Waals surface area contributed by atoms with Crippen molar-refractivity contribution < 1.29 is 23.8 Å². The number of amides is 2. The van der Waals surface area contributed by atoms with Crippen LogP contribution >= 0.6 is 15.9 Å². The lowest BCUT2D eigenvalue weighted by Crippen LogP contribution is -2.47. The Morgan fingerprint density at radius 2 is 1.87 bits per heavy atom. The van der Waals surface area contributed by atoms with Gasteiger partial charge in [-0.3, -0.25) is 0 Å². The number of hydrogen-bond donors (Lipinski definition) is 2.